The molecule has 0 aliphatic carbocycles. The van der Waals surface area contributed by atoms with Crippen molar-refractivity contribution < 1.29 is 4.74 Å². The van der Waals surface area contributed by atoms with E-state index >= 15 is 0 Å². The van der Waals surface area contributed by atoms with Gasteiger partial charge in [0, 0.05) is 13.2 Å². The number of hydrogen-bond acceptors (Lipinski definition) is 1. The molecule has 0 spiro atoms. The first-order valence-corrected chi connectivity index (χ1v) is 6.78. The molecule has 0 saturated carbocycles. The van der Waals surface area contributed by atoms with Gasteiger partial charge in [-0.1, -0.05) is 65.2 Å². The lowest BCUT2D eigenvalue weighted by molar-refractivity contribution is 0.125. The highest BCUT2D eigenvalue weighted by molar-refractivity contribution is 4.45. The zero-order chi connectivity index (χ0) is 11.2. The monoisotopic (exact) mass is 213 g/mol. The van der Waals surface area contributed by atoms with Gasteiger partial charge in [0.2, 0.25) is 0 Å². The molecule has 0 fully saturated rings. The topological polar surface area (TPSA) is 9.23 Å². The summed E-state index contributed by atoms with van der Waals surface area (Å²) in [5, 5.41) is 0. The Morgan fingerprint density at radius 1 is 0.733 bits per heavy atom. The molecule has 0 aliphatic rings. The van der Waals surface area contributed by atoms with Crippen LogP contribution in [0.4, 0.5) is 0 Å². The molecular weight excluding hydrogens is 184 g/mol. The maximum atomic E-state index is 5.58. The SMILES string of the molecule is [CH2]CCCCCCOCCCCCCC. The smallest absolute Gasteiger partial charge is 0.0466 e. The van der Waals surface area contributed by atoms with Crippen molar-refractivity contribution in [3.63, 3.8) is 0 Å². The Labute approximate surface area is 96.6 Å². The van der Waals surface area contributed by atoms with Gasteiger partial charge in [-0.3, -0.25) is 0 Å². The molecule has 1 radical (unpaired) electrons. The van der Waals surface area contributed by atoms with Crippen LogP contribution in [-0.4, -0.2) is 13.2 Å². The van der Waals surface area contributed by atoms with Crippen molar-refractivity contribution >= 4 is 0 Å². The van der Waals surface area contributed by atoms with Crippen molar-refractivity contribution in [1.29, 1.82) is 0 Å². The summed E-state index contributed by atoms with van der Waals surface area (Å²) in [6, 6.07) is 0. The first-order valence-electron chi connectivity index (χ1n) is 6.78. The van der Waals surface area contributed by atoms with Gasteiger partial charge in [-0.25, -0.2) is 0 Å². The summed E-state index contributed by atoms with van der Waals surface area (Å²) in [7, 11) is 0. The predicted octanol–water partition coefficient (Wildman–Crippen LogP) is 4.76. The van der Waals surface area contributed by atoms with E-state index in [-0.39, 0.29) is 0 Å². The maximum Gasteiger partial charge on any atom is 0.0466 e. The molecule has 0 N–H and O–H groups in total. The second-order valence-electron chi connectivity index (χ2n) is 4.29. The Balaban J connectivity index is 2.81. The summed E-state index contributed by atoms with van der Waals surface area (Å²) in [5.74, 6) is 0. The minimum Gasteiger partial charge on any atom is -0.381 e. The van der Waals surface area contributed by atoms with E-state index < -0.39 is 0 Å². The molecule has 0 atom stereocenters. The lowest BCUT2D eigenvalue weighted by Gasteiger charge is -2.03. The molecule has 15 heavy (non-hydrogen) atoms. The van der Waals surface area contributed by atoms with Crippen LogP contribution in [0.5, 0.6) is 0 Å². The van der Waals surface area contributed by atoms with Crippen LogP contribution < -0.4 is 0 Å². The highest BCUT2D eigenvalue weighted by Gasteiger charge is 1.91. The van der Waals surface area contributed by atoms with E-state index in [4.69, 9.17) is 4.74 Å². The first-order chi connectivity index (χ1) is 7.41. The Morgan fingerprint density at radius 2 is 1.27 bits per heavy atom. The number of ether oxygens (including phenoxy) is 1. The lowest BCUT2D eigenvalue weighted by atomic mass is 10.1. The quantitative estimate of drug-likeness (QED) is 0.425. The van der Waals surface area contributed by atoms with Gasteiger partial charge in [-0.2, -0.15) is 0 Å². The summed E-state index contributed by atoms with van der Waals surface area (Å²) >= 11 is 0. The van der Waals surface area contributed by atoms with Gasteiger partial charge in [0.05, 0.1) is 0 Å². The number of rotatable bonds is 12. The molecule has 0 rings (SSSR count). The van der Waals surface area contributed by atoms with Crippen LogP contribution >= 0.6 is 0 Å². The van der Waals surface area contributed by atoms with Crippen LogP contribution in [0.25, 0.3) is 0 Å². The van der Waals surface area contributed by atoms with Crippen LogP contribution in [0.2, 0.25) is 0 Å². The number of hydrogen-bond donors (Lipinski definition) is 0. The van der Waals surface area contributed by atoms with Crippen LogP contribution in [0.1, 0.15) is 71.1 Å². The minimum absolute atomic E-state index is 0.963. The summed E-state index contributed by atoms with van der Waals surface area (Å²) in [4.78, 5) is 0. The molecule has 0 aromatic heterocycles. The van der Waals surface area contributed by atoms with Gasteiger partial charge in [0.15, 0.2) is 0 Å². The molecule has 0 heterocycles. The first kappa shape index (κ1) is 15.0. The fourth-order valence-electron chi connectivity index (χ4n) is 1.64. The maximum absolute atomic E-state index is 5.58. The summed E-state index contributed by atoms with van der Waals surface area (Å²) in [6.45, 7) is 8.02. The van der Waals surface area contributed by atoms with Gasteiger partial charge in [-0.05, 0) is 12.8 Å². The fraction of sp³-hybridized carbons (Fsp3) is 0.929. The summed E-state index contributed by atoms with van der Waals surface area (Å²) in [5.41, 5.74) is 0. The molecule has 0 aromatic rings. The van der Waals surface area contributed by atoms with Crippen molar-refractivity contribution in [2.24, 2.45) is 0 Å². The van der Waals surface area contributed by atoms with Gasteiger partial charge >= 0.3 is 0 Å². The summed E-state index contributed by atoms with van der Waals surface area (Å²) in [6.07, 6.45) is 12.9. The molecule has 0 aliphatic heterocycles. The zero-order valence-corrected chi connectivity index (χ0v) is 10.6. The van der Waals surface area contributed by atoms with Gasteiger partial charge in [-0.15, -0.1) is 0 Å². The second-order valence-corrected chi connectivity index (χ2v) is 4.29. The molecule has 0 aromatic carbocycles. The Kier molecular flexibility index (Phi) is 13.9. The van der Waals surface area contributed by atoms with E-state index in [2.05, 4.69) is 13.8 Å². The normalized spacial score (nSPS) is 10.8. The molecule has 0 bridgehead atoms. The molecular formula is C14H29O. The average Bonchev–Trinajstić information content (AvgIpc) is 2.26. The highest BCUT2D eigenvalue weighted by Crippen LogP contribution is 2.04. The van der Waals surface area contributed by atoms with E-state index in [0.29, 0.717) is 0 Å². The largest absolute Gasteiger partial charge is 0.381 e. The zero-order valence-electron chi connectivity index (χ0n) is 10.6. The van der Waals surface area contributed by atoms with Crippen molar-refractivity contribution in [3.05, 3.63) is 6.92 Å². The van der Waals surface area contributed by atoms with Crippen molar-refractivity contribution in [3.8, 4) is 0 Å². The van der Waals surface area contributed by atoms with Crippen LogP contribution in [0.3, 0.4) is 0 Å². The van der Waals surface area contributed by atoms with Crippen molar-refractivity contribution in [1.82, 2.24) is 0 Å². The average molecular weight is 213 g/mol. The standard InChI is InChI=1S/C14H29O/c1-3-5-7-9-11-13-15-14-12-10-8-6-4-2/h1,3-14H2,2H3. The highest BCUT2D eigenvalue weighted by atomic mass is 16.5. The molecule has 0 saturated heterocycles. The Hall–Kier alpha value is -0.0400. The summed E-state index contributed by atoms with van der Waals surface area (Å²) < 4.78 is 5.58. The third-order valence-electron chi connectivity index (χ3n) is 2.68. The third kappa shape index (κ3) is 14.0. The molecule has 1 heteroatoms. The Bertz CT molecular complexity index is 89.5. The molecule has 0 unspecified atom stereocenters. The van der Waals surface area contributed by atoms with Crippen LogP contribution in [0, 0.1) is 6.92 Å². The Morgan fingerprint density at radius 3 is 1.80 bits per heavy atom. The van der Waals surface area contributed by atoms with Crippen molar-refractivity contribution in [2.75, 3.05) is 13.2 Å². The van der Waals surface area contributed by atoms with E-state index in [1.165, 1.54) is 57.8 Å². The third-order valence-corrected chi connectivity index (χ3v) is 2.68. The van der Waals surface area contributed by atoms with Crippen LogP contribution in [-0.2, 0) is 4.74 Å². The van der Waals surface area contributed by atoms with Crippen molar-refractivity contribution in [2.45, 2.75) is 71.1 Å². The number of unbranched alkanes of at least 4 members (excludes halogenated alkanes) is 8. The van der Waals surface area contributed by atoms with Crippen LogP contribution in [0.15, 0.2) is 0 Å². The minimum atomic E-state index is 0.963. The fourth-order valence-corrected chi connectivity index (χ4v) is 1.64. The van der Waals surface area contributed by atoms with Gasteiger partial charge in [0.1, 0.15) is 0 Å². The molecule has 0 amide bonds. The lowest BCUT2D eigenvalue weighted by Crippen LogP contribution is -1.97. The molecule has 91 valence electrons. The van der Waals surface area contributed by atoms with E-state index in [1.807, 2.05) is 0 Å². The van der Waals surface area contributed by atoms with E-state index in [9.17, 15) is 0 Å². The van der Waals surface area contributed by atoms with E-state index in [1.54, 1.807) is 0 Å². The second kappa shape index (κ2) is 14.0. The van der Waals surface area contributed by atoms with Gasteiger partial charge < -0.3 is 4.74 Å². The van der Waals surface area contributed by atoms with E-state index in [0.717, 1.165) is 19.6 Å². The van der Waals surface area contributed by atoms with Gasteiger partial charge in [0.25, 0.3) is 0 Å². The molecule has 1 nitrogen and oxygen atoms in total. The predicted molar refractivity (Wildman–Crippen MR) is 68.0 cm³/mol.